The molecule has 7 heteroatoms. The van der Waals surface area contributed by atoms with Gasteiger partial charge < -0.3 is 15.1 Å². The molecular weight excluding hydrogens is 405 g/mol. The van der Waals surface area contributed by atoms with Crippen LogP contribution in [0.25, 0.3) is 0 Å². The summed E-state index contributed by atoms with van der Waals surface area (Å²) >= 11 is 13.8. The van der Waals surface area contributed by atoms with Crippen LogP contribution in [-0.2, 0) is 5.60 Å². The fraction of sp³-hybridized carbons (Fsp3) is 0.350. The first-order valence-electron chi connectivity index (χ1n) is 8.48. The number of likely N-dealkylation sites (N-methyl/N-ethyl adjacent to an activating group) is 1. The summed E-state index contributed by atoms with van der Waals surface area (Å²) in [6, 6.07) is 12.8. The van der Waals surface area contributed by atoms with Gasteiger partial charge in [-0.15, -0.1) is 11.8 Å². The van der Waals surface area contributed by atoms with Crippen molar-refractivity contribution in [3.05, 3.63) is 63.6 Å². The summed E-state index contributed by atoms with van der Waals surface area (Å²) in [6.45, 7) is 2.00. The SMILES string of the molecule is CCC(O)(c1cccc(SC)c1)C(CN(C)C(=O)O)c1ccc(Cl)c(Cl)c1. The molecular formula is C20H23Cl2NO3S. The molecule has 0 saturated carbocycles. The molecule has 2 atom stereocenters. The number of thioether (sulfide) groups is 1. The summed E-state index contributed by atoms with van der Waals surface area (Å²) < 4.78 is 0. The molecule has 27 heavy (non-hydrogen) atoms. The van der Waals surface area contributed by atoms with Crippen LogP contribution in [0.5, 0.6) is 0 Å². The second-order valence-electron chi connectivity index (χ2n) is 6.40. The molecule has 0 spiro atoms. The van der Waals surface area contributed by atoms with Crippen molar-refractivity contribution in [1.82, 2.24) is 4.90 Å². The molecule has 2 N–H and O–H groups in total. The maximum absolute atomic E-state index is 11.7. The molecule has 0 saturated heterocycles. The van der Waals surface area contributed by atoms with E-state index >= 15 is 0 Å². The van der Waals surface area contributed by atoms with E-state index in [2.05, 4.69) is 0 Å². The minimum Gasteiger partial charge on any atom is -0.465 e. The van der Waals surface area contributed by atoms with E-state index in [1.54, 1.807) is 30.0 Å². The highest BCUT2D eigenvalue weighted by atomic mass is 35.5. The van der Waals surface area contributed by atoms with Crippen LogP contribution in [0.2, 0.25) is 10.0 Å². The molecule has 146 valence electrons. The van der Waals surface area contributed by atoms with Crippen molar-refractivity contribution < 1.29 is 15.0 Å². The lowest BCUT2D eigenvalue weighted by Gasteiger charge is -2.38. The van der Waals surface area contributed by atoms with Gasteiger partial charge in [-0.2, -0.15) is 0 Å². The number of halogens is 2. The van der Waals surface area contributed by atoms with Gasteiger partial charge in [0.1, 0.15) is 0 Å². The summed E-state index contributed by atoms with van der Waals surface area (Å²) in [6.07, 6.45) is 1.32. The number of hydrogen-bond donors (Lipinski definition) is 2. The Bertz CT molecular complexity index is 818. The molecule has 0 aromatic heterocycles. The maximum atomic E-state index is 11.7. The van der Waals surface area contributed by atoms with E-state index in [0.29, 0.717) is 16.5 Å². The molecule has 1 amide bonds. The molecule has 0 aliphatic rings. The minimum atomic E-state index is -1.27. The zero-order valence-electron chi connectivity index (χ0n) is 15.4. The summed E-state index contributed by atoms with van der Waals surface area (Å²) in [4.78, 5) is 13.6. The van der Waals surface area contributed by atoms with Crippen LogP contribution in [0.3, 0.4) is 0 Å². The third-order valence-electron chi connectivity index (χ3n) is 4.81. The number of benzene rings is 2. The van der Waals surface area contributed by atoms with Crippen LogP contribution in [0.4, 0.5) is 4.79 Å². The van der Waals surface area contributed by atoms with Crippen LogP contribution in [-0.4, -0.2) is 41.1 Å². The Kier molecular flexibility index (Phi) is 7.46. The van der Waals surface area contributed by atoms with Gasteiger partial charge in [-0.25, -0.2) is 4.79 Å². The zero-order chi connectivity index (χ0) is 20.2. The number of hydrogen-bond acceptors (Lipinski definition) is 3. The number of aliphatic hydroxyl groups is 1. The second-order valence-corrected chi connectivity index (χ2v) is 8.09. The van der Waals surface area contributed by atoms with Crippen LogP contribution >= 0.6 is 35.0 Å². The molecule has 2 aromatic carbocycles. The van der Waals surface area contributed by atoms with Crippen molar-refractivity contribution in [2.24, 2.45) is 0 Å². The molecule has 0 heterocycles. The van der Waals surface area contributed by atoms with Gasteiger partial charge in [0.15, 0.2) is 0 Å². The van der Waals surface area contributed by atoms with E-state index in [1.165, 1.54) is 11.9 Å². The van der Waals surface area contributed by atoms with Gasteiger partial charge in [-0.05, 0) is 48.1 Å². The van der Waals surface area contributed by atoms with Crippen molar-refractivity contribution in [1.29, 1.82) is 0 Å². The van der Waals surface area contributed by atoms with E-state index in [0.717, 1.165) is 16.0 Å². The monoisotopic (exact) mass is 427 g/mol. The fourth-order valence-electron chi connectivity index (χ4n) is 3.16. The Balaban J connectivity index is 2.60. The molecule has 2 unspecified atom stereocenters. The maximum Gasteiger partial charge on any atom is 0.407 e. The first-order valence-corrected chi connectivity index (χ1v) is 10.5. The smallest absolute Gasteiger partial charge is 0.407 e. The van der Waals surface area contributed by atoms with Gasteiger partial charge in [-0.3, -0.25) is 0 Å². The van der Waals surface area contributed by atoms with E-state index < -0.39 is 17.6 Å². The molecule has 2 rings (SSSR count). The summed E-state index contributed by atoms with van der Waals surface area (Å²) in [5.74, 6) is -0.518. The molecule has 4 nitrogen and oxygen atoms in total. The number of rotatable bonds is 7. The highest BCUT2D eigenvalue weighted by Gasteiger charge is 2.39. The number of carbonyl (C=O) groups is 1. The number of amides is 1. The normalized spacial score (nSPS) is 14.4. The Morgan fingerprint density at radius 1 is 1.22 bits per heavy atom. The zero-order valence-corrected chi connectivity index (χ0v) is 17.8. The largest absolute Gasteiger partial charge is 0.465 e. The number of nitrogens with zero attached hydrogens (tertiary/aromatic N) is 1. The van der Waals surface area contributed by atoms with Gasteiger partial charge in [0.05, 0.1) is 15.6 Å². The Morgan fingerprint density at radius 3 is 2.48 bits per heavy atom. The minimum absolute atomic E-state index is 0.112. The summed E-state index contributed by atoms with van der Waals surface area (Å²) in [7, 11) is 1.49. The van der Waals surface area contributed by atoms with Crippen molar-refractivity contribution >= 4 is 41.1 Å². The molecule has 0 radical (unpaired) electrons. The molecule has 0 fully saturated rings. The van der Waals surface area contributed by atoms with Crippen LogP contribution in [0, 0.1) is 0 Å². The second kappa shape index (κ2) is 9.20. The van der Waals surface area contributed by atoms with Gasteiger partial charge in [0.25, 0.3) is 0 Å². The third kappa shape index (κ3) is 4.91. The highest BCUT2D eigenvalue weighted by molar-refractivity contribution is 7.98. The Hall–Kier alpha value is -1.40. The quantitative estimate of drug-likeness (QED) is 0.555. The third-order valence-corrected chi connectivity index (χ3v) is 6.28. The van der Waals surface area contributed by atoms with Gasteiger partial charge >= 0.3 is 6.09 Å². The van der Waals surface area contributed by atoms with Crippen molar-refractivity contribution in [3.63, 3.8) is 0 Å². The van der Waals surface area contributed by atoms with Gasteiger partial charge in [0, 0.05) is 24.4 Å². The average molecular weight is 428 g/mol. The van der Waals surface area contributed by atoms with Crippen molar-refractivity contribution in [2.75, 3.05) is 19.8 Å². The Labute approximate surface area is 174 Å². The van der Waals surface area contributed by atoms with Crippen molar-refractivity contribution in [3.8, 4) is 0 Å². The first kappa shape index (κ1) is 21.9. The molecule has 0 aliphatic carbocycles. The first-order chi connectivity index (χ1) is 12.7. The van der Waals surface area contributed by atoms with E-state index in [4.69, 9.17) is 23.2 Å². The lowest BCUT2D eigenvalue weighted by atomic mass is 9.75. The Morgan fingerprint density at radius 2 is 1.93 bits per heavy atom. The highest BCUT2D eigenvalue weighted by Crippen LogP contribution is 2.42. The van der Waals surface area contributed by atoms with Gasteiger partial charge in [0.2, 0.25) is 0 Å². The number of carboxylic acid groups (broad SMARTS) is 1. The standard InChI is InChI=1S/C20H23Cl2NO3S/c1-4-20(26,14-6-5-7-15(11-14)27-3)16(12-23(2)19(24)25)13-8-9-17(21)18(22)10-13/h5-11,16,26H,4,12H2,1-3H3,(H,24,25). The average Bonchev–Trinajstić information content (AvgIpc) is 2.67. The molecule has 0 bridgehead atoms. The fourth-order valence-corrected chi connectivity index (χ4v) is 3.92. The summed E-state index contributed by atoms with van der Waals surface area (Å²) in [5, 5.41) is 21.9. The summed E-state index contributed by atoms with van der Waals surface area (Å²) in [5.41, 5.74) is 0.204. The van der Waals surface area contributed by atoms with Crippen LogP contribution in [0.15, 0.2) is 47.4 Å². The lowest BCUT2D eigenvalue weighted by molar-refractivity contribution is -0.00536. The van der Waals surface area contributed by atoms with Crippen LogP contribution in [0.1, 0.15) is 30.4 Å². The molecule has 2 aromatic rings. The lowest BCUT2D eigenvalue weighted by Crippen LogP contribution is -2.41. The topological polar surface area (TPSA) is 60.8 Å². The predicted molar refractivity (Wildman–Crippen MR) is 112 cm³/mol. The van der Waals surface area contributed by atoms with E-state index in [9.17, 15) is 15.0 Å². The van der Waals surface area contributed by atoms with E-state index in [1.807, 2.05) is 37.4 Å². The van der Waals surface area contributed by atoms with E-state index in [-0.39, 0.29) is 6.54 Å². The van der Waals surface area contributed by atoms with Gasteiger partial charge in [-0.1, -0.05) is 48.3 Å². The molecule has 0 aliphatic heterocycles. The van der Waals surface area contributed by atoms with Crippen molar-refractivity contribution in [2.45, 2.75) is 29.8 Å². The van der Waals surface area contributed by atoms with Crippen LogP contribution < -0.4 is 0 Å². The predicted octanol–water partition coefficient (Wildman–Crippen LogP) is 5.71.